The van der Waals surface area contributed by atoms with Gasteiger partial charge in [-0.25, -0.2) is 0 Å². The lowest BCUT2D eigenvalue weighted by Crippen LogP contribution is -2.49. The van der Waals surface area contributed by atoms with Gasteiger partial charge in [0, 0.05) is 24.7 Å². The Hall–Kier alpha value is -0.340. The number of hydrogen-bond acceptors (Lipinski definition) is 2. The van der Waals surface area contributed by atoms with Crippen molar-refractivity contribution < 1.29 is 0 Å². The Bertz CT molecular complexity index is 191. The van der Waals surface area contributed by atoms with Crippen molar-refractivity contribution in [1.29, 1.82) is 0 Å². The third-order valence-corrected chi connectivity index (χ3v) is 3.43. The van der Waals surface area contributed by atoms with Gasteiger partial charge in [0.2, 0.25) is 0 Å². The van der Waals surface area contributed by atoms with Crippen LogP contribution in [0, 0.1) is 0 Å². The molecule has 0 aromatic heterocycles. The molecule has 1 rings (SSSR count). The van der Waals surface area contributed by atoms with E-state index in [9.17, 15) is 0 Å². The molecule has 0 aromatic rings. The molecular formula is C12H24N2. The lowest BCUT2D eigenvalue weighted by molar-refractivity contribution is 0.189. The van der Waals surface area contributed by atoms with E-state index in [0.29, 0.717) is 6.04 Å². The summed E-state index contributed by atoms with van der Waals surface area (Å²) in [6, 6.07) is 0.675. The molecule has 1 aliphatic rings. The lowest BCUT2D eigenvalue weighted by atomic mass is 9.98. The summed E-state index contributed by atoms with van der Waals surface area (Å²) >= 11 is 0. The van der Waals surface area contributed by atoms with Gasteiger partial charge in [-0.1, -0.05) is 13.0 Å². The molecule has 0 aliphatic carbocycles. The Kier molecular flexibility index (Phi) is 4.14. The monoisotopic (exact) mass is 196 g/mol. The van der Waals surface area contributed by atoms with Gasteiger partial charge in [-0.2, -0.15) is 0 Å². The highest BCUT2D eigenvalue weighted by Gasteiger charge is 2.29. The van der Waals surface area contributed by atoms with Crippen LogP contribution >= 0.6 is 0 Å². The van der Waals surface area contributed by atoms with E-state index in [-0.39, 0.29) is 5.54 Å². The first-order chi connectivity index (χ1) is 6.61. The maximum atomic E-state index is 3.83. The van der Waals surface area contributed by atoms with Crippen molar-refractivity contribution in [3.05, 3.63) is 12.7 Å². The molecule has 0 saturated carbocycles. The van der Waals surface area contributed by atoms with Crippen molar-refractivity contribution in [3.8, 4) is 0 Å². The van der Waals surface area contributed by atoms with Gasteiger partial charge in [-0.15, -0.1) is 6.58 Å². The van der Waals surface area contributed by atoms with Gasteiger partial charge in [0.05, 0.1) is 0 Å². The van der Waals surface area contributed by atoms with Crippen LogP contribution in [0.25, 0.3) is 0 Å². The summed E-state index contributed by atoms with van der Waals surface area (Å²) in [5.41, 5.74) is 0.285. The SMILES string of the molecule is C=CCN1CC(C)(CC)NCCC1C. The summed E-state index contributed by atoms with van der Waals surface area (Å²) in [6.07, 6.45) is 4.44. The molecule has 1 fully saturated rings. The van der Waals surface area contributed by atoms with Gasteiger partial charge in [0.15, 0.2) is 0 Å². The zero-order valence-electron chi connectivity index (χ0n) is 9.84. The Morgan fingerprint density at radius 2 is 2.36 bits per heavy atom. The van der Waals surface area contributed by atoms with Crippen LogP contribution in [0.3, 0.4) is 0 Å². The van der Waals surface area contributed by atoms with E-state index >= 15 is 0 Å². The number of hydrogen-bond donors (Lipinski definition) is 1. The Labute approximate surface area is 88.4 Å². The highest BCUT2D eigenvalue weighted by molar-refractivity contribution is 4.92. The normalized spacial score (nSPS) is 35.2. The molecule has 2 unspecified atom stereocenters. The molecule has 1 saturated heterocycles. The van der Waals surface area contributed by atoms with Gasteiger partial charge in [0.1, 0.15) is 0 Å². The predicted octanol–water partition coefficient (Wildman–Crippen LogP) is 2.02. The fourth-order valence-electron chi connectivity index (χ4n) is 2.07. The number of nitrogens with one attached hydrogen (secondary N) is 1. The van der Waals surface area contributed by atoms with Crippen molar-refractivity contribution in [2.24, 2.45) is 0 Å². The summed E-state index contributed by atoms with van der Waals surface area (Å²) in [5.74, 6) is 0. The molecule has 0 radical (unpaired) electrons. The average molecular weight is 196 g/mol. The van der Waals surface area contributed by atoms with Crippen LogP contribution in [0.5, 0.6) is 0 Å². The van der Waals surface area contributed by atoms with Crippen LogP contribution < -0.4 is 5.32 Å². The minimum Gasteiger partial charge on any atom is -0.310 e. The molecule has 2 nitrogen and oxygen atoms in total. The summed E-state index contributed by atoms with van der Waals surface area (Å²) in [5, 5.41) is 3.65. The van der Waals surface area contributed by atoms with Crippen LogP contribution in [0.15, 0.2) is 12.7 Å². The second-order valence-electron chi connectivity index (χ2n) is 4.70. The van der Waals surface area contributed by atoms with Gasteiger partial charge in [-0.05, 0) is 33.2 Å². The smallest absolute Gasteiger partial charge is 0.0278 e. The van der Waals surface area contributed by atoms with Crippen molar-refractivity contribution >= 4 is 0 Å². The first-order valence-electron chi connectivity index (χ1n) is 5.71. The standard InChI is InChI=1S/C12H24N2/c1-5-9-14-10-12(4,6-2)13-8-7-11(14)3/h5,11,13H,1,6-10H2,2-4H3. The Morgan fingerprint density at radius 1 is 1.64 bits per heavy atom. The number of rotatable bonds is 3. The van der Waals surface area contributed by atoms with E-state index in [4.69, 9.17) is 0 Å². The fraction of sp³-hybridized carbons (Fsp3) is 0.833. The highest BCUT2D eigenvalue weighted by Crippen LogP contribution is 2.18. The first-order valence-corrected chi connectivity index (χ1v) is 5.71. The molecule has 14 heavy (non-hydrogen) atoms. The van der Waals surface area contributed by atoms with Crippen LogP contribution in [-0.2, 0) is 0 Å². The van der Waals surface area contributed by atoms with E-state index in [2.05, 4.69) is 37.6 Å². The first kappa shape index (κ1) is 11.7. The zero-order chi connectivity index (χ0) is 10.6. The molecule has 0 amide bonds. The minimum atomic E-state index is 0.285. The van der Waals surface area contributed by atoms with Crippen molar-refractivity contribution in [2.45, 2.75) is 45.2 Å². The van der Waals surface area contributed by atoms with Crippen molar-refractivity contribution in [3.63, 3.8) is 0 Å². The molecule has 2 atom stereocenters. The predicted molar refractivity (Wildman–Crippen MR) is 62.5 cm³/mol. The quantitative estimate of drug-likeness (QED) is 0.695. The van der Waals surface area contributed by atoms with E-state index < -0.39 is 0 Å². The van der Waals surface area contributed by atoms with E-state index in [1.807, 2.05) is 6.08 Å². The summed E-state index contributed by atoms with van der Waals surface area (Å²) < 4.78 is 0. The third-order valence-electron chi connectivity index (χ3n) is 3.43. The lowest BCUT2D eigenvalue weighted by Gasteiger charge is -2.34. The van der Waals surface area contributed by atoms with Crippen LogP contribution in [0.2, 0.25) is 0 Å². The molecule has 82 valence electrons. The van der Waals surface area contributed by atoms with Crippen LogP contribution in [-0.4, -0.2) is 36.1 Å². The molecule has 1 N–H and O–H groups in total. The maximum Gasteiger partial charge on any atom is 0.0278 e. The van der Waals surface area contributed by atoms with Crippen molar-refractivity contribution in [1.82, 2.24) is 10.2 Å². The summed E-state index contributed by atoms with van der Waals surface area (Å²) in [4.78, 5) is 2.52. The molecule has 1 aliphatic heterocycles. The van der Waals surface area contributed by atoms with Crippen LogP contribution in [0.4, 0.5) is 0 Å². The maximum absolute atomic E-state index is 3.83. The molecular weight excluding hydrogens is 172 g/mol. The van der Waals surface area contributed by atoms with Crippen molar-refractivity contribution in [2.75, 3.05) is 19.6 Å². The average Bonchev–Trinajstić information content (AvgIpc) is 2.29. The van der Waals surface area contributed by atoms with Gasteiger partial charge in [-0.3, -0.25) is 4.90 Å². The van der Waals surface area contributed by atoms with Gasteiger partial charge in [0.25, 0.3) is 0 Å². The van der Waals surface area contributed by atoms with E-state index in [1.54, 1.807) is 0 Å². The largest absolute Gasteiger partial charge is 0.310 e. The van der Waals surface area contributed by atoms with E-state index in [0.717, 1.165) is 19.6 Å². The van der Waals surface area contributed by atoms with E-state index in [1.165, 1.54) is 12.8 Å². The fourth-order valence-corrected chi connectivity index (χ4v) is 2.07. The molecule has 0 bridgehead atoms. The summed E-state index contributed by atoms with van der Waals surface area (Å²) in [6.45, 7) is 14.0. The van der Waals surface area contributed by atoms with Gasteiger partial charge < -0.3 is 5.32 Å². The number of nitrogens with zero attached hydrogens (tertiary/aromatic N) is 1. The molecule has 0 spiro atoms. The second kappa shape index (κ2) is 4.94. The molecule has 1 heterocycles. The summed E-state index contributed by atoms with van der Waals surface area (Å²) in [7, 11) is 0. The minimum absolute atomic E-state index is 0.285. The molecule has 0 aromatic carbocycles. The Morgan fingerprint density at radius 3 is 2.93 bits per heavy atom. The van der Waals surface area contributed by atoms with Gasteiger partial charge >= 0.3 is 0 Å². The topological polar surface area (TPSA) is 15.3 Å². The second-order valence-corrected chi connectivity index (χ2v) is 4.70. The van der Waals surface area contributed by atoms with Crippen LogP contribution in [0.1, 0.15) is 33.6 Å². The molecule has 2 heteroatoms. The third kappa shape index (κ3) is 2.82. The Balaban J connectivity index is 2.66. The zero-order valence-corrected chi connectivity index (χ0v) is 9.84. The highest BCUT2D eigenvalue weighted by atomic mass is 15.2.